The third-order valence-electron chi connectivity index (χ3n) is 8.31. The number of aromatic nitrogens is 3. The fraction of sp³-hybridized carbons (Fsp3) is 0.846. The summed E-state index contributed by atoms with van der Waals surface area (Å²) in [5.41, 5.74) is -0.636. The van der Waals surface area contributed by atoms with Crippen LogP contribution in [-0.2, 0) is 16.0 Å². The van der Waals surface area contributed by atoms with Crippen molar-refractivity contribution in [3.05, 3.63) is 24.3 Å². The van der Waals surface area contributed by atoms with Gasteiger partial charge >= 0.3 is 6.18 Å². The molecule has 0 bridgehead atoms. The molecule has 2 aliphatic carbocycles. The van der Waals surface area contributed by atoms with E-state index < -0.39 is 47.5 Å². The largest absolute Gasteiger partial charge is 0.391 e. The average molecular weight is 568 g/mol. The van der Waals surface area contributed by atoms with Gasteiger partial charge in [0.25, 0.3) is 0 Å². The Morgan fingerprint density at radius 1 is 1.13 bits per heavy atom. The predicted molar refractivity (Wildman–Crippen MR) is 134 cm³/mol. The molecule has 0 amide bonds. The van der Waals surface area contributed by atoms with Crippen LogP contribution in [0.1, 0.15) is 58.8 Å². The quantitative estimate of drug-likeness (QED) is 0.323. The van der Waals surface area contributed by atoms with E-state index in [1.165, 1.54) is 29.1 Å². The van der Waals surface area contributed by atoms with Gasteiger partial charge in [0.1, 0.15) is 30.6 Å². The second-order valence-electron chi connectivity index (χ2n) is 11.1. The van der Waals surface area contributed by atoms with E-state index in [-0.39, 0.29) is 49.8 Å². The Morgan fingerprint density at radius 2 is 1.82 bits per heavy atom. The lowest BCUT2D eigenvalue weighted by Crippen LogP contribution is -2.55. The SMILES string of the molecule is C/C(=C\C1CCC(C(F)(F)F)CC1)C1OCC(SC(C)C(O)(Cn2cncn2)C2CCC(F)CC2F)CO1. The van der Waals surface area contributed by atoms with Gasteiger partial charge in [-0.2, -0.15) is 18.3 Å². The number of thioether (sulfide) groups is 1. The number of rotatable bonds is 8. The van der Waals surface area contributed by atoms with Crippen molar-refractivity contribution >= 4 is 11.8 Å². The molecule has 5 atom stereocenters. The normalized spacial score (nSPS) is 36.0. The number of allylic oxidation sites excluding steroid dienone is 1. The molecule has 38 heavy (non-hydrogen) atoms. The van der Waals surface area contributed by atoms with Gasteiger partial charge in [-0.1, -0.05) is 13.0 Å². The van der Waals surface area contributed by atoms with E-state index in [2.05, 4.69) is 10.1 Å². The molecule has 1 aromatic heterocycles. The Bertz CT molecular complexity index is 904. The minimum Gasteiger partial charge on any atom is -0.386 e. The molecule has 1 saturated heterocycles. The highest BCUT2D eigenvalue weighted by Gasteiger charge is 2.49. The Balaban J connectivity index is 1.32. The van der Waals surface area contributed by atoms with Gasteiger partial charge in [-0.15, -0.1) is 11.8 Å². The summed E-state index contributed by atoms with van der Waals surface area (Å²) < 4.78 is 81.0. The smallest absolute Gasteiger partial charge is 0.386 e. The number of hydrogen-bond acceptors (Lipinski definition) is 6. The number of ether oxygens (including phenoxy) is 2. The van der Waals surface area contributed by atoms with E-state index in [0.29, 0.717) is 26.1 Å². The minimum absolute atomic E-state index is 0.0404. The van der Waals surface area contributed by atoms with Gasteiger partial charge in [-0.3, -0.25) is 4.68 Å². The Labute approximate surface area is 224 Å². The lowest BCUT2D eigenvalue weighted by atomic mass is 9.73. The number of aliphatic hydroxyl groups is 1. The Kier molecular flexibility index (Phi) is 9.79. The van der Waals surface area contributed by atoms with Crippen molar-refractivity contribution in [1.29, 1.82) is 0 Å². The van der Waals surface area contributed by atoms with Crippen LogP contribution in [0, 0.1) is 17.8 Å². The van der Waals surface area contributed by atoms with E-state index in [4.69, 9.17) is 9.47 Å². The zero-order chi connectivity index (χ0) is 27.5. The average Bonchev–Trinajstić information content (AvgIpc) is 3.37. The minimum atomic E-state index is -4.12. The molecule has 4 rings (SSSR count). The summed E-state index contributed by atoms with van der Waals surface area (Å²) in [6.07, 6.45) is -1.03. The molecule has 5 unspecified atom stereocenters. The molecule has 1 aliphatic heterocycles. The van der Waals surface area contributed by atoms with Crippen molar-refractivity contribution in [2.24, 2.45) is 17.8 Å². The summed E-state index contributed by atoms with van der Waals surface area (Å²) >= 11 is 1.45. The van der Waals surface area contributed by atoms with Crippen LogP contribution < -0.4 is 0 Å². The van der Waals surface area contributed by atoms with Gasteiger partial charge in [0, 0.05) is 17.6 Å². The van der Waals surface area contributed by atoms with Crippen LogP contribution in [0.5, 0.6) is 0 Å². The third-order valence-corrected chi connectivity index (χ3v) is 9.78. The lowest BCUT2D eigenvalue weighted by Gasteiger charge is -2.45. The maximum atomic E-state index is 15.0. The van der Waals surface area contributed by atoms with Crippen molar-refractivity contribution in [3.8, 4) is 0 Å². The van der Waals surface area contributed by atoms with Crippen LogP contribution in [0.25, 0.3) is 0 Å². The van der Waals surface area contributed by atoms with Crippen molar-refractivity contribution in [2.45, 2.75) is 106 Å². The summed E-state index contributed by atoms with van der Waals surface area (Å²) in [6.45, 7) is 4.45. The molecule has 2 saturated carbocycles. The lowest BCUT2D eigenvalue weighted by molar-refractivity contribution is -0.183. The van der Waals surface area contributed by atoms with Gasteiger partial charge in [0.2, 0.25) is 0 Å². The van der Waals surface area contributed by atoms with Crippen LogP contribution in [0.3, 0.4) is 0 Å². The topological polar surface area (TPSA) is 69.4 Å². The summed E-state index contributed by atoms with van der Waals surface area (Å²) in [5, 5.41) is 15.4. The molecule has 1 N–H and O–H groups in total. The fourth-order valence-corrected chi connectivity index (χ4v) is 7.43. The first-order chi connectivity index (χ1) is 18.0. The molecule has 3 aliphatic rings. The van der Waals surface area contributed by atoms with E-state index in [1.807, 2.05) is 19.9 Å². The molecule has 2 heterocycles. The number of hydrogen-bond donors (Lipinski definition) is 1. The van der Waals surface area contributed by atoms with E-state index in [9.17, 15) is 22.7 Å². The maximum Gasteiger partial charge on any atom is 0.391 e. The van der Waals surface area contributed by atoms with Gasteiger partial charge in [-0.05, 0) is 56.9 Å². The van der Waals surface area contributed by atoms with Crippen molar-refractivity contribution < 1.29 is 36.5 Å². The van der Waals surface area contributed by atoms with E-state index >= 15 is 4.39 Å². The highest BCUT2D eigenvalue weighted by Crippen LogP contribution is 2.44. The summed E-state index contributed by atoms with van der Waals surface area (Å²) in [4.78, 5) is 3.92. The maximum absolute atomic E-state index is 15.0. The highest BCUT2D eigenvalue weighted by atomic mass is 32.2. The molecule has 6 nitrogen and oxygen atoms in total. The fourth-order valence-electron chi connectivity index (χ4n) is 6.05. The molecule has 12 heteroatoms. The Morgan fingerprint density at radius 3 is 2.39 bits per heavy atom. The van der Waals surface area contributed by atoms with Crippen LogP contribution in [0.15, 0.2) is 24.3 Å². The Hall–Kier alpha value is -1.24. The molecule has 0 aromatic carbocycles. The highest BCUT2D eigenvalue weighted by molar-refractivity contribution is 8.00. The standard InChI is InChI=1S/C26H38F5N3O3S/c1-16(9-18-3-5-19(6-4-18)26(29,30)31)24-36-11-21(12-37-24)38-17(2)25(35,13-34-15-32-14-33-34)22-8-7-20(27)10-23(22)28/h9,14-15,17-24,35H,3-8,10-13H2,1-2H3/b16-9+. The number of halogens is 5. The van der Waals surface area contributed by atoms with Gasteiger partial charge in [0.05, 0.1) is 30.9 Å². The second kappa shape index (κ2) is 12.5. The monoisotopic (exact) mass is 567 g/mol. The summed E-state index contributed by atoms with van der Waals surface area (Å²) in [5.74, 6) is -1.87. The van der Waals surface area contributed by atoms with Crippen molar-refractivity contribution in [1.82, 2.24) is 14.8 Å². The van der Waals surface area contributed by atoms with Crippen LogP contribution >= 0.6 is 11.8 Å². The molecule has 216 valence electrons. The molecule has 3 fully saturated rings. The zero-order valence-corrected chi connectivity index (χ0v) is 22.6. The van der Waals surface area contributed by atoms with Gasteiger partial charge < -0.3 is 14.6 Å². The first-order valence-electron chi connectivity index (χ1n) is 13.4. The van der Waals surface area contributed by atoms with Crippen molar-refractivity contribution in [3.63, 3.8) is 0 Å². The van der Waals surface area contributed by atoms with Gasteiger partial charge in [0.15, 0.2) is 6.29 Å². The van der Waals surface area contributed by atoms with Crippen LogP contribution in [0.2, 0.25) is 0 Å². The summed E-state index contributed by atoms with van der Waals surface area (Å²) in [7, 11) is 0. The first kappa shape index (κ1) is 29.7. The van der Waals surface area contributed by atoms with E-state index in [1.54, 1.807) is 0 Å². The van der Waals surface area contributed by atoms with Crippen LogP contribution in [0.4, 0.5) is 22.0 Å². The van der Waals surface area contributed by atoms with Crippen molar-refractivity contribution in [2.75, 3.05) is 13.2 Å². The first-order valence-corrected chi connectivity index (χ1v) is 14.4. The molecule has 1 aromatic rings. The predicted octanol–water partition coefficient (Wildman–Crippen LogP) is 5.66. The zero-order valence-electron chi connectivity index (χ0n) is 21.8. The number of alkyl halides is 5. The second-order valence-corrected chi connectivity index (χ2v) is 12.7. The third kappa shape index (κ3) is 7.28. The van der Waals surface area contributed by atoms with Gasteiger partial charge in [-0.25, -0.2) is 13.8 Å². The molecular formula is C26H38F5N3O3S. The van der Waals surface area contributed by atoms with Crippen LogP contribution in [-0.4, -0.2) is 74.0 Å². The molecule has 0 radical (unpaired) electrons. The van der Waals surface area contributed by atoms with E-state index in [0.717, 1.165) is 5.57 Å². The summed E-state index contributed by atoms with van der Waals surface area (Å²) in [6, 6.07) is 0. The number of nitrogens with zero attached hydrogens (tertiary/aromatic N) is 3. The molecule has 0 spiro atoms. The molecular weight excluding hydrogens is 529 g/mol.